The zero-order chi connectivity index (χ0) is 17.8. The Bertz CT molecular complexity index is 735. The van der Waals surface area contributed by atoms with Gasteiger partial charge < -0.3 is 14.2 Å². The van der Waals surface area contributed by atoms with Gasteiger partial charge in [0.25, 0.3) is 0 Å². The molecular formula is C20H24FNO3. The molecule has 2 aromatic rings. The number of methoxy groups -OCH3 is 3. The van der Waals surface area contributed by atoms with Gasteiger partial charge in [0.05, 0.1) is 21.3 Å². The van der Waals surface area contributed by atoms with Crippen molar-refractivity contribution < 1.29 is 18.6 Å². The first kappa shape index (κ1) is 17.5. The first-order valence-corrected chi connectivity index (χ1v) is 8.44. The van der Waals surface area contributed by atoms with E-state index in [1.165, 1.54) is 6.07 Å². The molecule has 0 spiro atoms. The second kappa shape index (κ2) is 7.74. The number of ether oxygens (including phenoxy) is 3. The molecule has 0 aliphatic carbocycles. The van der Waals surface area contributed by atoms with Crippen LogP contribution < -0.4 is 14.2 Å². The van der Waals surface area contributed by atoms with Crippen LogP contribution in [0.25, 0.3) is 0 Å². The highest BCUT2D eigenvalue weighted by Gasteiger charge is 2.29. The molecule has 0 amide bonds. The van der Waals surface area contributed by atoms with E-state index in [0.29, 0.717) is 12.3 Å². The van der Waals surface area contributed by atoms with Crippen molar-refractivity contribution in [1.82, 2.24) is 4.90 Å². The van der Waals surface area contributed by atoms with Crippen molar-refractivity contribution >= 4 is 0 Å². The van der Waals surface area contributed by atoms with Crippen LogP contribution in [0.5, 0.6) is 17.2 Å². The Hall–Kier alpha value is -2.27. The summed E-state index contributed by atoms with van der Waals surface area (Å²) in [6.45, 7) is 1.58. The Balaban J connectivity index is 1.90. The van der Waals surface area contributed by atoms with E-state index in [9.17, 15) is 4.39 Å². The SMILES string of the molecule is COc1ccc(OC)c(C2CCCN2Cc2cc(F)ccc2OC)c1. The van der Waals surface area contributed by atoms with Gasteiger partial charge in [0.15, 0.2) is 0 Å². The van der Waals surface area contributed by atoms with Crippen LogP contribution >= 0.6 is 0 Å². The van der Waals surface area contributed by atoms with Crippen molar-refractivity contribution in [2.75, 3.05) is 27.9 Å². The number of hydrogen-bond donors (Lipinski definition) is 0. The van der Waals surface area contributed by atoms with Crippen molar-refractivity contribution in [3.8, 4) is 17.2 Å². The Morgan fingerprint density at radius 2 is 1.76 bits per heavy atom. The third-order valence-corrected chi connectivity index (χ3v) is 4.78. The molecular weight excluding hydrogens is 321 g/mol. The molecule has 1 unspecified atom stereocenters. The molecule has 0 radical (unpaired) electrons. The molecule has 0 saturated carbocycles. The predicted molar refractivity (Wildman–Crippen MR) is 94.9 cm³/mol. The van der Waals surface area contributed by atoms with Gasteiger partial charge in [-0.2, -0.15) is 0 Å². The first-order valence-electron chi connectivity index (χ1n) is 8.44. The summed E-state index contributed by atoms with van der Waals surface area (Å²) in [4.78, 5) is 2.34. The Labute approximate surface area is 148 Å². The molecule has 0 aromatic heterocycles. The molecule has 1 heterocycles. The smallest absolute Gasteiger partial charge is 0.123 e. The quantitative estimate of drug-likeness (QED) is 0.785. The van der Waals surface area contributed by atoms with Crippen molar-refractivity contribution in [2.24, 2.45) is 0 Å². The van der Waals surface area contributed by atoms with Gasteiger partial charge in [0, 0.05) is 23.7 Å². The van der Waals surface area contributed by atoms with E-state index < -0.39 is 0 Å². The zero-order valence-electron chi connectivity index (χ0n) is 14.9. The third kappa shape index (κ3) is 3.71. The molecule has 134 valence electrons. The maximum Gasteiger partial charge on any atom is 0.123 e. The van der Waals surface area contributed by atoms with Crippen molar-refractivity contribution in [3.63, 3.8) is 0 Å². The Kier molecular flexibility index (Phi) is 5.43. The van der Waals surface area contributed by atoms with E-state index in [-0.39, 0.29) is 11.9 Å². The highest BCUT2D eigenvalue weighted by Crippen LogP contribution is 2.40. The molecule has 1 saturated heterocycles. The van der Waals surface area contributed by atoms with Crippen LogP contribution in [0.3, 0.4) is 0 Å². The van der Waals surface area contributed by atoms with E-state index in [2.05, 4.69) is 4.90 Å². The van der Waals surface area contributed by atoms with Gasteiger partial charge in [-0.25, -0.2) is 4.39 Å². The van der Waals surface area contributed by atoms with E-state index in [0.717, 1.165) is 42.0 Å². The summed E-state index contributed by atoms with van der Waals surface area (Å²) < 4.78 is 30.0. The standard InChI is InChI=1S/C20H24FNO3/c1-23-16-7-9-20(25-3)17(12-16)18-5-4-10-22(18)13-14-11-15(21)6-8-19(14)24-2/h6-9,11-12,18H,4-5,10,13H2,1-3H3. The van der Waals surface area contributed by atoms with E-state index in [4.69, 9.17) is 14.2 Å². The van der Waals surface area contributed by atoms with Gasteiger partial charge in [-0.05, 0) is 55.8 Å². The Morgan fingerprint density at radius 3 is 2.48 bits per heavy atom. The summed E-state index contributed by atoms with van der Waals surface area (Å²) >= 11 is 0. The molecule has 0 N–H and O–H groups in total. The van der Waals surface area contributed by atoms with Crippen LogP contribution in [-0.4, -0.2) is 32.8 Å². The number of hydrogen-bond acceptors (Lipinski definition) is 4. The normalized spacial score (nSPS) is 17.5. The minimum Gasteiger partial charge on any atom is -0.497 e. The minimum absolute atomic E-state index is 0.207. The molecule has 1 aliphatic rings. The van der Waals surface area contributed by atoms with E-state index >= 15 is 0 Å². The summed E-state index contributed by atoms with van der Waals surface area (Å²) in [6, 6.07) is 10.7. The highest BCUT2D eigenvalue weighted by atomic mass is 19.1. The Morgan fingerprint density at radius 1 is 1.00 bits per heavy atom. The lowest BCUT2D eigenvalue weighted by Gasteiger charge is -2.27. The van der Waals surface area contributed by atoms with Crippen LogP contribution in [0.15, 0.2) is 36.4 Å². The summed E-state index contributed by atoms with van der Waals surface area (Å²) in [5.41, 5.74) is 1.96. The van der Waals surface area contributed by atoms with Gasteiger partial charge in [-0.3, -0.25) is 4.90 Å². The largest absolute Gasteiger partial charge is 0.497 e. The lowest BCUT2D eigenvalue weighted by molar-refractivity contribution is 0.238. The second-order valence-corrected chi connectivity index (χ2v) is 6.19. The monoisotopic (exact) mass is 345 g/mol. The fourth-order valence-corrected chi connectivity index (χ4v) is 3.56. The molecule has 3 rings (SSSR count). The van der Waals surface area contributed by atoms with E-state index in [1.54, 1.807) is 33.5 Å². The lowest BCUT2D eigenvalue weighted by Crippen LogP contribution is -2.23. The van der Waals surface area contributed by atoms with Crippen LogP contribution in [0.2, 0.25) is 0 Å². The van der Waals surface area contributed by atoms with E-state index in [1.807, 2.05) is 18.2 Å². The fraction of sp³-hybridized carbons (Fsp3) is 0.400. The van der Waals surface area contributed by atoms with Crippen molar-refractivity contribution in [2.45, 2.75) is 25.4 Å². The average Bonchev–Trinajstić information content (AvgIpc) is 3.09. The maximum absolute atomic E-state index is 13.7. The molecule has 0 bridgehead atoms. The number of nitrogens with zero attached hydrogens (tertiary/aromatic N) is 1. The van der Waals surface area contributed by atoms with Crippen LogP contribution in [-0.2, 0) is 6.54 Å². The fourth-order valence-electron chi connectivity index (χ4n) is 3.56. The van der Waals surface area contributed by atoms with Crippen LogP contribution in [0.4, 0.5) is 4.39 Å². The number of rotatable bonds is 6. The lowest BCUT2D eigenvalue weighted by atomic mass is 10.0. The highest BCUT2D eigenvalue weighted by molar-refractivity contribution is 5.43. The molecule has 4 nitrogen and oxygen atoms in total. The second-order valence-electron chi connectivity index (χ2n) is 6.19. The van der Waals surface area contributed by atoms with Gasteiger partial charge in [0.2, 0.25) is 0 Å². The van der Waals surface area contributed by atoms with Gasteiger partial charge in [0.1, 0.15) is 23.1 Å². The summed E-state index contributed by atoms with van der Waals surface area (Å²) in [6.07, 6.45) is 2.11. The number of benzene rings is 2. The first-order chi connectivity index (χ1) is 12.2. The topological polar surface area (TPSA) is 30.9 Å². The summed E-state index contributed by atoms with van der Waals surface area (Å²) in [5.74, 6) is 2.13. The minimum atomic E-state index is -0.245. The zero-order valence-corrected chi connectivity index (χ0v) is 14.9. The van der Waals surface area contributed by atoms with Gasteiger partial charge >= 0.3 is 0 Å². The maximum atomic E-state index is 13.7. The van der Waals surface area contributed by atoms with Gasteiger partial charge in [-0.15, -0.1) is 0 Å². The van der Waals surface area contributed by atoms with Crippen LogP contribution in [0.1, 0.15) is 30.0 Å². The number of likely N-dealkylation sites (tertiary alicyclic amines) is 1. The van der Waals surface area contributed by atoms with Crippen LogP contribution in [0, 0.1) is 5.82 Å². The molecule has 1 fully saturated rings. The molecule has 2 aromatic carbocycles. The van der Waals surface area contributed by atoms with Gasteiger partial charge in [-0.1, -0.05) is 0 Å². The summed E-state index contributed by atoms with van der Waals surface area (Å²) in [5, 5.41) is 0. The molecule has 1 atom stereocenters. The molecule has 5 heteroatoms. The number of halogens is 1. The molecule has 25 heavy (non-hydrogen) atoms. The van der Waals surface area contributed by atoms with Crippen molar-refractivity contribution in [1.29, 1.82) is 0 Å². The molecule has 1 aliphatic heterocycles. The summed E-state index contributed by atoms with van der Waals surface area (Å²) in [7, 11) is 4.96. The predicted octanol–water partition coefficient (Wildman–Crippen LogP) is 4.19. The third-order valence-electron chi connectivity index (χ3n) is 4.78. The van der Waals surface area contributed by atoms with Crippen molar-refractivity contribution in [3.05, 3.63) is 53.3 Å². The average molecular weight is 345 g/mol.